The molecule has 13 heavy (non-hydrogen) atoms. The molecule has 1 aromatic heterocycles. The van der Waals surface area contributed by atoms with Gasteiger partial charge in [0.25, 0.3) is 9.49 Å². The second-order valence-electron chi connectivity index (χ2n) is 2.24. The first kappa shape index (κ1) is 11.5. The number of aromatic amines is 1. The van der Waals surface area contributed by atoms with Crippen LogP contribution in [0.5, 0.6) is 0 Å². The third-order valence-electron chi connectivity index (χ3n) is 1.34. The smallest absolute Gasteiger partial charge is 0.276 e. The predicted molar refractivity (Wildman–Crippen MR) is 56.7 cm³/mol. The van der Waals surface area contributed by atoms with Crippen LogP contribution in [-0.4, -0.2) is 0 Å². The van der Waals surface area contributed by atoms with Crippen LogP contribution in [0.25, 0.3) is 0 Å². The summed E-state index contributed by atoms with van der Waals surface area (Å²) >= 11 is 28.3. The molecule has 0 spiro atoms. The molecule has 1 heterocycles. The molecule has 0 aliphatic carbocycles. The first-order chi connectivity index (χ1) is 5.84. The van der Waals surface area contributed by atoms with Crippen LogP contribution in [0.15, 0.2) is 6.20 Å². The lowest BCUT2D eigenvalue weighted by atomic mass is 10.3. The van der Waals surface area contributed by atoms with Crippen molar-refractivity contribution in [3.63, 3.8) is 0 Å². The number of nitrogens with one attached hydrogen (secondary N) is 1. The Balaban J connectivity index is 3.35. The van der Waals surface area contributed by atoms with Crippen molar-refractivity contribution >= 4 is 63.7 Å². The fraction of sp³-hybridized carbons (Fsp3) is 0.167. The van der Waals surface area contributed by atoms with E-state index in [9.17, 15) is 0 Å². The van der Waals surface area contributed by atoms with Crippen molar-refractivity contribution < 1.29 is 4.98 Å². The van der Waals surface area contributed by atoms with E-state index in [1.807, 2.05) is 0 Å². The lowest BCUT2D eigenvalue weighted by Gasteiger charge is -2.08. The molecular formula is C6H4Cl5N2+. The van der Waals surface area contributed by atoms with E-state index in [1.54, 1.807) is 0 Å². The lowest BCUT2D eigenvalue weighted by molar-refractivity contribution is -0.389. The number of H-pyrrole nitrogens is 1. The fourth-order valence-corrected chi connectivity index (χ4v) is 1.81. The first-order valence-corrected chi connectivity index (χ1v) is 4.95. The van der Waals surface area contributed by atoms with Crippen LogP contribution in [0.2, 0.25) is 10.0 Å². The van der Waals surface area contributed by atoms with Gasteiger partial charge in [-0.1, -0.05) is 58.0 Å². The van der Waals surface area contributed by atoms with E-state index in [0.717, 1.165) is 0 Å². The summed E-state index contributed by atoms with van der Waals surface area (Å²) in [6.45, 7) is 0. The Morgan fingerprint density at radius 3 is 2.23 bits per heavy atom. The van der Waals surface area contributed by atoms with Crippen LogP contribution in [-0.2, 0) is 3.79 Å². The number of nitrogens with two attached hydrogens (primary N) is 1. The van der Waals surface area contributed by atoms with Crippen molar-refractivity contribution in [3.8, 4) is 0 Å². The normalized spacial score (nSPS) is 11.8. The Labute approximate surface area is 99.9 Å². The van der Waals surface area contributed by atoms with Gasteiger partial charge in [-0.15, -0.1) is 0 Å². The van der Waals surface area contributed by atoms with Crippen molar-refractivity contribution in [1.29, 1.82) is 0 Å². The van der Waals surface area contributed by atoms with E-state index in [2.05, 4.69) is 4.98 Å². The second kappa shape index (κ2) is 3.87. The first-order valence-electron chi connectivity index (χ1n) is 3.06. The van der Waals surface area contributed by atoms with E-state index in [0.29, 0.717) is 0 Å². The minimum Gasteiger partial charge on any atom is -0.396 e. The SMILES string of the molecule is Nc1c(Cl)c[nH+]c(C(Cl)(Cl)Cl)c1Cl. The Bertz CT molecular complexity index is 333. The summed E-state index contributed by atoms with van der Waals surface area (Å²) in [6.07, 6.45) is 1.40. The average Bonchev–Trinajstić information content (AvgIpc) is 1.98. The van der Waals surface area contributed by atoms with Gasteiger partial charge < -0.3 is 5.73 Å². The number of halogens is 5. The van der Waals surface area contributed by atoms with Crippen LogP contribution < -0.4 is 10.7 Å². The highest BCUT2D eigenvalue weighted by molar-refractivity contribution is 6.67. The zero-order valence-corrected chi connectivity index (χ0v) is 9.82. The van der Waals surface area contributed by atoms with E-state index in [4.69, 9.17) is 63.7 Å². The molecule has 0 unspecified atom stereocenters. The minimum absolute atomic E-state index is 0.118. The molecule has 1 aromatic rings. The van der Waals surface area contributed by atoms with Crippen molar-refractivity contribution in [3.05, 3.63) is 21.9 Å². The van der Waals surface area contributed by atoms with E-state index in [-0.39, 0.29) is 21.4 Å². The molecule has 2 nitrogen and oxygen atoms in total. The summed E-state index contributed by atoms with van der Waals surface area (Å²) in [5.74, 6) is 0. The molecule has 0 saturated carbocycles. The summed E-state index contributed by atoms with van der Waals surface area (Å²) in [5, 5.41) is 0.399. The molecule has 7 heteroatoms. The Kier molecular flexibility index (Phi) is 3.42. The molecule has 0 aromatic carbocycles. The number of hydrogen-bond donors (Lipinski definition) is 1. The number of hydrogen-bond acceptors (Lipinski definition) is 1. The highest BCUT2D eigenvalue weighted by Crippen LogP contribution is 2.41. The number of rotatable bonds is 0. The van der Waals surface area contributed by atoms with E-state index in [1.165, 1.54) is 6.20 Å². The van der Waals surface area contributed by atoms with Crippen molar-refractivity contribution in [2.24, 2.45) is 0 Å². The monoisotopic (exact) mass is 279 g/mol. The number of aromatic nitrogens is 1. The van der Waals surface area contributed by atoms with Gasteiger partial charge in [0.1, 0.15) is 10.0 Å². The van der Waals surface area contributed by atoms with E-state index < -0.39 is 3.79 Å². The number of pyridine rings is 1. The Morgan fingerprint density at radius 2 is 1.77 bits per heavy atom. The summed E-state index contributed by atoms with van der Waals surface area (Å²) in [5.41, 5.74) is 5.90. The molecule has 0 saturated heterocycles. The summed E-state index contributed by atoms with van der Waals surface area (Å²) in [6, 6.07) is 0. The maximum absolute atomic E-state index is 5.79. The average molecular weight is 281 g/mol. The molecule has 0 amide bonds. The Morgan fingerprint density at radius 1 is 1.23 bits per heavy atom. The minimum atomic E-state index is -1.64. The molecule has 0 radical (unpaired) electrons. The summed E-state index contributed by atoms with van der Waals surface area (Å²) < 4.78 is -1.64. The van der Waals surface area contributed by atoms with Gasteiger partial charge in [-0.25, -0.2) is 4.98 Å². The van der Waals surface area contributed by atoms with Crippen molar-refractivity contribution in [1.82, 2.24) is 0 Å². The maximum atomic E-state index is 5.79. The molecule has 0 fully saturated rings. The van der Waals surface area contributed by atoms with Gasteiger partial charge in [0.05, 0.1) is 5.69 Å². The quantitative estimate of drug-likeness (QED) is 0.729. The predicted octanol–water partition coefficient (Wildman–Crippen LogP) is 3.22. The highest BCUT2D eigenvalue weighted by Gasteiger charge is 2.34. The number of alkyl halides is 3. The van der Waals surface area contributed by atoms with Crippen LogP contribution in [0.3, 0.4) is 0 Å². The van der Waals surface area contributed by atoms with Gasteiger partial charge in [0.2, 0.25) is 0 Å². The summed E-state index contributed by atoms with van der Waals surface area (Å²) in [7, 11) is 0. The van der Waals surface area contributed by atoms with E-state index >= 15 is 0 Å². The number of anilines is 1. The Hall–Kier alpha value is 0.400. The third-order valence-corrected chi connectivity index (χ3v) is 2.61. The summed E-state index contributed by atoms with van der Waals surface area (Å²) in [4.78, 5) is 2.65. The zero-order chi connectivity index (χ0) is 10.2. The van der Waals surface area contributed by atoms with Gasteiger partial charge in [-0.2, -0.15) is 0 Å². The van der Waals surface area contributed by atoms with Crippen LogP contribution in [0.4, 0.5) is 5.69 Å². The number of nitrogen functional groups attached to an aromatic ring is 1. The van der Waals surface area contributed by atoms with Crippen LogP contribution >= 0.6 is 58.0 Å². The zero-order valence-electron chi connectivity index (χ0n) is 6.04. The molecule has 3 N–H and O–H groups in total. The fourth-order valence-electron chi connectivity index (χ4n) is 0.722. The maximum Gasteiger partial charge on any atom is 0.276 e. The standard InChI is InChI=1S/C6H3Cl5N2/c7-2-1-13-5(6(9,10)11)3(8)4(2)12/h1H,(H2,12,13)/p+1. The van der Waals surface area contributed by atoms with Gasteiger partial charge in [0, 0.05) is 0 Å². The van der Waals surface area contributed by atoms with Gasteiger partial charge in [-0.05, 0) is 0 Å². The van der Waals surface area contributed by atoms with Crippen molar-refractivity contribution in [2.45, 2.75) is 3.79 Å². The molecule has 72 valence electrons. The molecule has 1 rings (SSSR count). The lowest BCUT2D eigenvalue weighted by Crippen LogP contribution is -2.20. The molecule has 0 atom stereocenters. The molecule has 0 aliphatic heterocycles. The second-order valence-corrected chi connectivity index (χ2v) is 5.30. The van der Waals surface area contributed by atoms with Gasteiger partial charge >= 0.3 is 0 Å². The van der Waals surface area contributed by atoms with Crippen LogP contribution in [0, 0.1) is 0 Å². The molecule has 0 aliphatic rings. The third kappa shape index (κ3) is 2.45. The topological polar surface area (TPSA) is 40.2 Å². The molecule has 0 bridgehead atoms. The van der Waals surface area contributed by atoms with Gasteiger partial charge in [-0.3, -0.25) is 0 Å². The highest BCUT2D eigenvalue weighted by atomic mass is 35.6. The van der Waals surface area contributed by atoms with Crippen molar-refractivity contribution in [2.75, 3.05) is 5.73 Å². The largest absolute Gasteiger partial charge is 0.396 e. The van der Waals surface area contributed by atoms with Crippen LogP contribution in [0.1, 0.15) is 5.69 Å². The van der Waals surface area contributed by atoms with Gasteiger partial charge in [0.15, 0.2) is 6.20 Å². The molecular weight excluding hydrogens is 277 g/mol.